The number of alkyl halides is 3. The van der Waals surface area contributed by atoms with Crippen LogP contribution in [0.4, 0.5) is 13.2 Å². The Morgan fingerprint density at radius 1 is 1.23 bits per heavy atom. The van der Waals surface area contributed by atoms with E-state index in [1.165, 1.54) is 6.07 Å². The largest absolute Gasteiger partial charge is 0.490 e. The van der Waals surface area contributed by atoms with Crippen LogP contribution in [0.25, 0.3) is 5.57 Å². The van der Waals surface area contributed by atoms with E-state index >= 15 is 0 Å². The Bertz CT molecular complexity index is 893. The molecule has 7 heteroatoms. The molecule has 0 aromatic heterocycles. The van der Waals surface area contributed by atoms with Crippen molar-refractivity contribution < 1.29 is 27.8 Å². The minimum absolute atomic E-state index is 0.000508. The molecule has 4 nitrogen and oxygen atoms in total. The molecule has 1 N–H and O–H groups in total. The number of halogens is 3. The Balaban J connectivity index is 2.10. The van der Waals surface area contributed by atoms with E-state index in [1.54, 1.807) is 43.3 Å². The maximum Gasteiger partial charge on any atom is 0.417 e. The first-order valence-corrected chi connectivity index (χ1v) is 10.1. The number of nitrogens with zero attached hydrogens (tertiary/aromatic N) is 1. The summed E-state index contributed by atoms with van der Waals surface area (Å²) < 4.78 is 47.6. The van der Waals surface area contributed by atoms with Crippen molar-refractivity contribution in [2.75, 3.05) is 7.05 Å². The summed E-state index contributed by atoms with van der Waals surface area (Å²) in [6.45, 7) is 1.67. The normalized spacial score (nSPS) is 19.5. The minimum Gasteiger partial charge on any atom is -0.490 e. The molecular formula is C23H26F3NO3. The van der Waals surface area contributed by atoms with Crippen molar-refractivity contribution >= 4 is 11.5 Å². The molecular weight excluding hydrogens is 395 g/mol. The number of likely N-dealkylation sites (N-methyl/N-ethyl adjacent to an activating group) is 1. The van der Waals surface area contributed by atoms with Gasteiger partial charge in [-0.2, -0.15) is 13.2 Å². The van der Waals surface area contributed by atoms with Gasteiger partial charge in [0.2, 0.25) is 0 Å². The van der Waals surface area contributed by atoms with Crippen LogP contribution in [0.5, 0.6) is 5.75 Å². The van der Waals surface area contributed by atoms with Gasteiger partial charge in [0.15, 0.2) is 0 Å². The third-order valence-corrected chi connectivity index (χ3v) is 5.47. The number of carbonyl (C=O) groups is 1. The number of carboxylic acids is 1. The van der Waals surface area contributed by atoms with Crippen LogP contribution in [0.15, 0.2) is 47.8 Å². The van der Waals surface area contributed by atoms with Crippen LogP contribution in [0.3, 0.4) is 0 Å². The Labute approximate surface area is 174 Å². The lowest BCUT2D eigenvalue weighted by Gasteiger charge is -2.28. The molecule has 1 aromatic carbocycles. The zero-order valence-electron chi connectivity index (χ0n) is 17.1. The van der Waals surface area contributed by atoms with Gasteiger partial charge in [-0.05, 0) is 68.0 Å². The fourth-order valence-electron chi connectivity index (χ4n) is 3.99. The summed E-state index contributed by atoms with van der Waals surface area (Å²) in [4.78, 5) is 12.8. The number of aliphatic carboxylic acids is 1. The van der Waals surface area contributed by atoms with Gasteiger partial charge in [0, 0.05) is 24.5 Å². The highest BCUT2D eigenvalue weighted by Gasteiger charge is 2.36. The van der Waals surface area contributed by atoms with E-state index in [4.69, 9.17) is 9.84 Å². The molecule has 0 saturated heterocycles. The maximum absolute atomic E-state index is 13.9. The van der Waals surface area contributed by atoms with Gasteiger partial charge in [-0.3, -0.25) is 4.79 Å². The van der Waals surface area contributed by atoms with Gasteiger partial charge in [0.1, 0.15) is 5.75 Å². The topological polar surface area (TPSA) is 49.8 Å². The average molecular weight is 421 g/mol. The molecule has 0 radical (unpaired) electrons. The van der Waals surface area contributed by atoms with Crippen molar-refractivity contribution in [1.29, 1.82) is 0 Å². The molecule has 0 spiro atoms. The molecule has 0 unspecified atom stereocenters. The van der Waals surface area contributed by atoms with Crippen molar-refractivity contribution in [2.45, 2.75) is 57.7 Å². The summed E-state index contributed by atoms with van der Waals surface area (Å²) in [6.07, 6.45) is 4.82. The monoisotopic (exact) mass is 421 g/mol. The van der Waals surface area contributed by atoms with Crippen molar-refractivity contribution in [1.82, 2.24) is 4.90 Å². The van der Waals surface area contributed by atoms with Gasteiger partial charge >= 0.3 is 12.1 Å². The molecule has 162 valence electrons. The molecule has 1 saturated carbocycles. The number of benzene rings is 1. The van der Waals surface area contributed by atoms with Crippen LogP contribution < -0.4 is 4.74 Å². The van der Waals surface area contributed by atoms with E-state index in [2.05, 4.69) is 0 Å². The van der Waals surface area contributed by atoms with Crippen molar-refractivity contribution in [3.63, 3.8) is 0 Å². The van der Waals surface area contributed by atoms with E-state index in [9.17, 15) is 18.0 Å². The predicted octanol–water partition coefficient (Wildman–Crippen LogP) is 6.01. The molecule has 1 fully saturated rings. The summed E-state index contributed by atoms with van der Waals surface area (Å²) in [5.41, 5.74) is 0.722. The molecule has 1 aliphatic heterocycles. The average Bonchev–Trinajstić information content (AvgIpc) is 2.68. The van der Waals surface area contributed by atoms with E-state index in [0.717, 1.165) is 38.2 Å². The number of ether oxygens (including phenoxy) is 1. The Morgan fingerprint density at radius 2 is 1.93 bits per heavy atom. The molecule has 3 rings (SSSR count). The fourth-order valence-corrected chi connectivity index (χ4v) is 3.99. The van der Waals surface area contributed by atoms with Crippen LogP contribution in [0.1, 0.15) is 56.6 Å². The molecule has 1 aliphatic carbocycles. The number of carboxylic acid groups (broad SMARTS) is 1. The molecule has 2 aliphatic rings. The van der Waals surface area contributed by atoms with Crippen molar-refractivity contribution in [3.8, 4) is 5.75 Å². The second-order valence-electron chi connectivity index (χ2n) is 7.82. The van der Waals surface area contributed by atoms with E-state index in [-0.39, 0.29) is 23.8 Å². The highest BCUT2D eigenvalue weighted by Crippen LogP contribution is 2.42. The SMILES string of the molecule is C/C(CC(=O)O)=C1/C=C(c2c(OC3CCCCC3)cccc2C(F)(F)F)C=CN1C. The Morgan fingerprint density at radius 3 is 2.57 bits per heavy atom. The third kappa shape index (κ3) is 5.07. The van der Waals surface area contributed by atoms with Crippen LogP contribution >= 0.6 is 0 Å². The van der Waals surface area contributed by atoms with Gasteiger partial charge in [0.05, 0.1) is 18.1 Å². The van der Waals surface area contributed by atoms with E-state index in [0.29, 0.717) is 16.8 Å². The lowest BCUT2D eigenvalue weighted by atomic mass is 9.93. The lowest BCUT2D eigenvalue weighted by Crippen LogP contribution is -2.21. The second-order valence-corrected chi connectivity index (χ2v) is 7.82. The Hall–Kier alpha value is -2.70. The number of rotatable bonds is 5. The second kappa shape index (κ2) is 8.98. The number of allylic oxidation sites excluding steroid dienone is 3. The van der Waals surface area contributed by atoms with E-state index < -0.39 is 17.7 Å². The van der Waals surface area contributed by atoms with Crippen LogP contribution in [0.2, 0.25) is 0 Å². The van der Waals surface area contributed by atoms with Crippen LogP contribution in [-0.4, -0.2) is 29.1 Å². The fraction of sp³-hybridized carbons (Fsp3) is 0.435. The highest BCUT2D eigenvalue weighted by atomic mass is 19.4. The summed E-state index contributed by atoms with van der Waals surface area (Å²) >= 11 is 0. The molecule has 1 aromatic rings. The third-order valence-electron chi connectivity index (χ3n) is 5.47. The minimum atomic E-state index is -4.54. The van der Waals surface area contributed by atoms with E-state index in [1.807, 2.05) is 0 Å². The van der Waals surface area contributed by atoms with Crippen molar-refractivity contribution in [2.24, 2.45) is 0 Å². The molecule has 0 atom stereocenters. The van der Waals surface area contributed by atoms with Crippen LogP contribution in [-0.2, 0) is 11.0 Å². The van der Waals surface area contributed by atoms with Gasteiger partial charge in [-0.1, -0.05) is 12.5 Å². The predicted molar refractivity (Wildman–Crippen MR) is 109 cm³/mol. The first-order valence-electron chi connectivity index (χ1n) is 10.1. The smallest absolute Gasteiger partial charge is 0.417 e. The number of hydrogen-bond acceptors (Lipinski definition) is 3. The summed E-state index contributed by atoms with van der Waals surface area (Å²) in [5, 5.41) is 9.10. The quantitative estimate of drug-likeness (QED) is 0.633. The zero-order valence-corrected chi connectivity index (χ0v) is 17.1. The van der Waals surface area contributed by atoms with Gasteiger partial charge < -0.3 is 14.7 Å². The van der Waals surface area contributed by atoms with Gasteiger partial charge in [-0.25, -0.2) is 0 Å². The van der Waals surface area contributed by atoms with Crippen molar-refractivity contribution in [3.05, 3.63) is 58.9 Å². The lowest BCUT2D eigenvalue weighted by molar-refractivity contribution is -0.138. The van der Waals surface area contributed by atoms with Gasteiger partial charge in [-0.15, -0.1) is 0 Å². The molecule has 0 bridgehead atoms. The summed E-state index contributed by atoms with van der Waals surface area (Å²) in [7, 11) is 1.74. The standard InChI is InChI=1S/C23H26F3NO3/c1-15(13-21(28)29)19-14-16(11-12-27(19)2)22-18(23(24,25)26)9-6-10-20(22)30-17-7-4-3-5-8-17/h6,9-12,14,17H,3-5,7-8,13H2,1-2H3,(H,28,29)/b19-15+. The first kappa shape index (κ1) is 22.0. The highest BCUT2D eigenvalue weighted by molar-refractivity contribution is 5.83. The zero-order chi connectivity index (χ0) is 21.9. The molecule has 0 amide bonds. The summed E-state index contributed by atoms with van der Waals surface area (Å²) in [5.74, 6) is -0.776. The van der Waals surface area contributed by atoms with Crippen LogP contribution in [0, 0.1) is 0 Å². The summed E-state index contributed by atoms with van der Waals surface area (Å²) in [6, 6.07) is 4.01. The first-order chi connectivity index (χ1) is 14.2. The maximum atomic E-state index is 13.9. The number of hydrogen-bond donors (Lipinski definition) is 1. The Kier molecular flexibility index (Phi) is 6.58. The van der Waals surface area contributed by atoms with Gasteiger partial charge in [0.25, 0.3) is 0 Å². The molecule has 1 heterocycles. The molecule has 30 heavy (non-hydrogen) atoms.